The fraction of sp³-hybridized carbons (Fsp3) is 0.333. The minimum absolute atomic E-state index is 1.15. The molecule has 0 aliphatic carbocycles. The van der Waals surface area contributed by atoms with Crippen molar-refractivity contribution in [3.63, 3.8) is 0 Å². The molecule has 15 heavy (non-hydrogen) atoms. The standard InChI is InChI=1S/C12H13BrI2/c1-2-3-6-10(12(13)15)9-7-4-5-8-11(9)14/h4-5,7-8H,2-3,6H2,1H3/b12-10-. The van der Waals surface area contributed by atoms with Crippen molar-refractivity contribution in [2.24, 2.45) is 0 Å². The Morgan fingerprint density at radius 2 is 2.00 bits per heavy atom. The molecular weight excluding hydrogens is 478 g/mol. The van der Waals surface area contributed by atoms with Crippen LogP contribution in [0, 0.1) is 3.57 Å². The molecule has 0 bridgehead atoms. The summed E-state index contributed by atoms with van der Waals surface area (Å²) in [4.78, 5) is 0. The third-order valence-electron chi connectivity index (χ3n) is 2.21. The second kappa shape index (κ2) is 7.27. The van der Waals surface area contributed by atoms with E-state index in [1.807, 2.05) is 0 Å². The molecule has 0 saturated heterocycles. The van der Waals surface area contributed by atoms with Crippen LogP contribution in [0.2, 0.25) is 0 Å². The predicted molar refractivity (Wildman–Crippen MR) is 88.6 cm³/mol. The SMILES string of the molecule is CCCC/C(=C(\Br)I)c1ccccc1I. The minimum Gasteiger partial charge on any atom is -0.0654 e. The molecule has 0 spiro atoms. The van der Waals surface area contributed by atoms with Crippen molar-refractivity contribution in [2.45, 2.75) is 26.2 Å². The van der Waals surface area contributed by atoms with Crippen LogP contribution in [0.5, 0.6) is 0 Å². The van der Waals surface area contributed by atoms with Gasteiger partial charge in [0.1, 0.15) is 0 Å². The molecule has 0 saturated carbocycles. The molecule has 0 fully saturated rings. The molecule has 82 valence electrons. The van der Waals surface area contributed by atoms with Gasteiger partial charge < -0.3 is 0 Å². The van der Waals surface area contributed by atoms with Gasteiger partial charge in [-0.3, -0.25) is 0 Å². The Bertz CT molecular complexity index is 354. The summed E-state index contributed by atoms with van der Waals surface area (Å²) >= 11 is 8.36. The van der Waals surface area contributed by atoms with Gasteiger partial charge in [0.05, 0.1) is 2.49 Å². The van der Waals surface area contributed by atoms with Crippen LogP contribution in [-0.4, -0.2) is 0 Å². The van der Waals surface area contributed by atoms with Gasteiger partial charge >= 0.3 is 0 Å². The summed E-state index contributed by atoms with van der Waals surface area (Å²) in [5.41, 5.74) is 2.80. The molecule has 0 aliphatic heterocycles. The zero-order valence-electron chi connectivity index (χ0n) is 8.56. The van der Waals surface area contributed by atoms with Crippen LogP contribution in [-0.2, 0) is 0 Å². The fourth-order valence-corrected chi connectivity index (χ4v) is 3.08. The largest absolute Gasteiger partial charge is 0.0654 e. The second-order valence-corrected chi connectivity index (χ2v) is 7.84. The zero-order chi connectivity index (χ0) is 11.3. The molecule has 0 atom stereocenters. The molecule has 3 heteroatoms. The summed E-state index contributed by atoms with van der Waals surface area (Å²) in [6.07, 6.45) is 3.64. The molecule has 1 aromatic rings. The van der Waals surface area contributed by atoms with Crippen LogP contribution < -0.4 is 0 Å². The van der Waals surface area contributed by atoms with E-state index < -0.39 is 0 Å². The first-order valence-electron chi connectivity index (χ1n) is 4.95. The van der Waals surface area contributed by atoms with E-state index in [0.717, 1.165) is 6.42 Å². The molecule has 0 unspecified atom stereocenters. The molecule has 0 aromatic heterocycles. The Labute approximate surface area is 127 Å². The molecular formula is C12H13BrI2. The van der Waals surface area contributed by atoms with Crippen LogP contribution in [0.25, 0.3) is 5.57 Å². The smallest absolute Gasteiger partial charge is 0.0597 e. The number of rotatable bonds is 4. The lowest BCUT2D eigenvalue weighted by Gasteiger charge is -2.10. The third-order valence-corrected chi connectivity index (χ3v) is 4.28. The monoisotopic (exact) mass is 490 g/mol. The van der Waals surface area contributed by atoms with Crippen molar-refractivity contribution >= 4 is 66.7 Å². The van der Waals surface area contributed by atoms with E-state index in [4.69, 9.17) is 0 Å². The average molecular weight is 491 g/mol. The molecule has 0 heterocycles. The van der Waals surface area contributed by atoms with Crippen molar-refractivity contribution in [3.05, 3.63) is 35.9 Å². The fourth-order valence-electron chi connectivity index (χ4n) is 1.39. The predicted octanol–water partition coefficient (Wildman–Crippen LogP) is 5.98. The van der Waals surface area contributed by atoms with Crippen LogP contribution in [0.4, 0.5) is 0 Å². The maximum atomic E-state index is 3.60. The molecule has 0 nitrogen and oxygen atoms in total. The van der Waals surface area contributed by atoms with E-state index in [-0.39, 0.29) is 0 Å². The number of unbranched alkanes of at least 4 members (excludes halogenated alkanes) is 1. The highest BCUT2D eigenvalue weighted by atomic mass is 127. The van der Waals surface area contributed by atoms with Gasteiger partial charge in [-0.05, 0) is 91.2 Å². The summed E-state index contributed by atoms with van der Waals surface area (Å²) < 4.78 is 2.56. The number of hydrogen-bond donors (Lipinski definition) is 0. The molecule has 0 N–H and O–H groups in total. The van der Waals surface area contributed by atoms with Crippen molar-refractivity contribution in [1.82, 2.24) is 0 Å². The number of allylic oxidation sites excluding steroid dienone is 1. The Hall–Kier alpha value is 0.900. The van der Waals surface area contributed by atoms with Gasteiger partial charge in [-0.15, -0.1) is 0 Å². The highest BCUT2D eigenvalue weighted by Crippen LogP contribution is 2.33. The first-order valence-corrected chi connectivity index (χ1v) is 7.91. The molecule has 0 amide bonds. The number of hydrogen-bond acceptors (Lipinski definition) is 0. The molecule has 0 aliphatic rings. The van der Waals surface area contributed by atoms with Crippen molar-refractivity contribution in [3.8, 4) is 0 Å². The lowest BCUT2D eigenvalue weighted by molar-refractivity contribution is 0.824. The Balaban J connectivity index is 3.01. The second-order valence-electron chi connectivity index (χ2n) is 3.32. The first kappa shape index (κ1) is 14.0. The van der Waals surface area contributed by atoms with Gasteiger partial charge in [0.15, 0.2) is 0 Å². The van der Waals surface area contributed by atoms with Crippen LogP contribution in [0.3, 0.4) is 0 Å². The van der Waals surface area contributed by atoms with Crippen LogP contribution in [0.15, 0.2) is 26.8 Å². The maximum absolute atomic E-state index is 3.60. The Morgan fingerprint density at radius 3 is 2.53 bits per heavy atom. The maximum Gasteiger partial charge on any atom is 0.0597 e. The van der Waals surface area contributed by atoms with Gasteiger partial charge in [0.25, 0.3) is 0 Å². The van der Waals surface area contributed by atoms with Gasteiger partial charge in [-0.25, -0.2) is 0 Å². The van der Waals surface area contributed by atoms with Crippen LogP contribution in [0.1, 0.15) is 31.7 Å². The topological polar surface area (TPSA) is 0 Å². The van der Waals surface area contributed by atoms with Gasteiger partial charge in [-0.2, -0.15) is 0 Å². The van der Waals surface area contributed by atoms with Gasteiger partial charge in [0.2, 0.25) is 0 Å². The van der Waals surface area contributed by atoms with Crippen LogP contribution >= 0.6 is 61.1 Å². The van der Waals surface area contributed by atoms with E-state index >= 15 is 0 Å². The van der Waals surface area contributed by atoms with E-state index in [1.54, 1.807) is 0 Å². The van der Waals surface area contributed by atoms with E-state index in [0.29, 0.717) is 0 Å². The highest BCUT2D eigenvalue weighted by Gasteiger charge is 2.08. The molecule has 1 rings (SSSR count). The van der Waals surface area contributed by atoms with Crippen molar-refractivity contribution < 1.29 is 0 Å². The summed E-state index contributed by atoms with van der Waals surface area (Å²) in [5, 5.41) is 0. The van der Waals surface area contributed by atoms with E-state index in [2.05, 4.69) is 92.3 Å². The zero-order valence-corrected chi connectivity index (χ0v) is 14.5. The van der Waals surface area contributed by atoms with E-state index in [1.165, 1.54) is 30.0 Å². The first-order chi connectivity index (χ1) is 7.16. The lowest BCUT2D eigenvalue weighted by Crippen LogP contribution is -1.89. The summed E-state index contributed by atoms with van der Waals surface area (Å²) in [5.74, 6) is 0. The Kier molecular flexibility index (Phi) is 6.77. The third kappa shape index (κ3) is 4.34. The number of benzene rings is 1. The van der Waals surface area contributed by atoms with Crippen molar-refractivity contribution in [2.75, 3.05) is 0 Å². The van der Waals surface area contributed by atoms with Crippen molar-refractivity contribution in [1.29, 1.82) is 0 Å². The summed E-state index contributed by atoms with van der Waals surface area (Å²) in [6.45, 7) is 2.23. The normalized spacial score (nSPS) is 12.5. The molecule has 1 aromatic carbocycles. The molecule has 0 radical (unpaired) electrons. The quantitative estimate of drug-likeness (QED) is 0.455. The number of halogens is 3. The van der Waals surface area contributed by atoms with Gasteiger partial charge in [-0.1, -0.05) is 31.5 Å². The lowest BCUT2D eigenvalue weighted by atomic mass is 10.0. The average Bonchev–Trinajstić information content (AvgIpc) is 2.20. The van der Waals surface area contributed by atoms with Gasteiger partial charge in [0, 0.05) is 3.57 Å². The highest BCUT2D eigenvalue weighted by molar-refractivity contribution is 14.1. The van der Waals surface area contributed by atoms with E-state index in [9.17, 15) is 0 Å². The Morgan fingerprint density at radius 1 is 1.33 bits per heavy atom. The summed E-state index contributed by atoms with van der Waals surface area (Å²) in [6, 6.07) is 8.56. The minimum atomic E-state index is 1.15. The summed E-state index contributed by atoms with van der Waals surface area (Å²) in [7, 11) is 0.